The van der Waals surface area contributed by atoms with Gasteiger partial charge >= 0.3 is 0 Å². The molecule has 0 bridgehead atoms. The number of rotatable bonds is 4. The maximum Gasteiger partial charge on any atom is 0.111 e. The Hall–Kier alpha value is -0.780. The first-order valence-corrected chi connectivity index (χ1v) is 6.66. The molecule has 8 heteroatoms. The molecule has 1 fully saturated rings. The smallest absolute Gasteiger partial charge is 0.111 e. The van der Waals surface area contributed by atoms with E-state index in [1.54, 1.807) is 30.3 Å². The summed E-state index contributed by atoms with van der Waals surface area (Å²) in [6, 6.07) is 8.78. The lowest BCUT2D eigenvalue weighted by atomic mass is 9.83. The summed E-state index contributed by atoms with van der Waals surface area (Å²) in [6.45, 7) is -0.513. The third-order valence-corrected chi connectivity index (χ3v) is 3.75. The van der Waals surface area contributed by atoms with Crippen LogP contribution in [0.5, 0.6) is 0 Å². The Kier molecular flexibility index (Phi) is 7.16. The van der Waals surface area contributed by atoms with Crippen molar-refractivity contribution in [2.45, 2.75) is 36.4 Å². The van der Waals surface area contributed by atoms with Crippen molar-refractivity contribution >= 4 is 29.8 Å². The lowest BCUT2D eigenvalue weighted by molar-refractivity contribution is -0.230. The number of aliphatic hydroxyl groups is 4. The fourth-order valence-electron chi connectivity index (χ4n) is 2.61. The molecule has 1 unspecified atom stereocenters. The Morgan fingerprint density at radius 3 is 2.23 bits per heavy atom. The highest BCUT2D eigenvalue weighted by Crippen LogP contribution is 2.31. The molecule has 7 nitrogen and oxygen atoms in total. The van der Waals surface area contributed by atoms with E-state index in [0.29, 0.717) is 5.56 Å². The van der Waals surface area contributed by atoms with Gasteiger partial charge in [0.05, 0.1) is 12.5 Å². The number of nitrogens with one attached hydrogen (secondary N) is 1. The van der Waals surface area contributed by atoms with Crippen LogP contribution in [0.15, 0.2) is 30.3 Å². The van der Waals surface area contributed by atoms with Gasteiger partial charge in [0.15, 0.2) is 0 Å². The zero-order chi connectivity index (χ0) is 15.6. The number of aliphatic hydroxyl groups excluding tert-OH is 4. The molecule has 124 valence electrons. The van der Waals surface area contributed by atoms with Gasteiger partial charge in [0.2, 0.25) is 0 Å². The van der Waals surface area contributed by atoms with Crippen LogP contribution in [0.1, 0.15) is 11.5 Å². The van der Waals surface area contributed by atoms with Gasteiger partial charge in [0, 0.05) is 0 Å². The highest BCUT2D eigenvalue weighted by atomic mass is 127. The molecule has 1 saturated heterocycles. The van der Waals surface area contributed by atoms with Crippen molar-refractivity contribution in [3.8, 4) is 0 Å². The van der Waals surface area contributed by atoms with Crippen LogP contribution in [0.25, 0.3) is 0 Å². The molecule has 0 saturated carbocycles. The van der Waals surface area contributed by atoms with Gasteiger partial charge in [-0.15, -0.1) is 24.0 Å². The van der Waals surface area contributed by atoms with Crippen molar-refractivity contribution in [3.05, 3.63) is 35.9 Å². The van der Waals surface area contributed by atoms with Crippen molar-refractivity contribution in [1.29, 1.82) is 5.41 Å². The van der Waals surface area contributed by atoms with Gasteiger partial charge in [-0.05, 0) is 5.56 Å². The average Bonchev–Trinajstić information content (AvgIpc) is 2.48. The third kappa shape index (κ3) is 3.76. The number of benzene rings is 1. The fraction of sp³-hybridized carbons (Fsp3) is 0.500. The van der Waals surface area contributed by atoms with Crippen LogP contribution in [0.3, 0.4) is 0 Å². The number of amidine groups is 1. The van der Waals surface area contributed by atoms with Gasteiger partial charge in [-0.3, -0.25) is 5.41 Å². The topological polar surface area (TPSA) is 140 Å². The van der Waals surface area contributed by atoms with Crippen LogP contribution in [0.4, 0.5) is 0 Å². The van der Waals surface area contributed by atoms with E-state index in [1.165, 1.54) is 0 Å². The van der Waals surface area contributed by atoms with Crippen molar-refractivity contribution < 1.29 is 25.2 Å². The van der Waals surface area contributed by atoms with Crippen LogP contribution in [0, 0.1) is 5.41 Å². The van der Waals surface area contributed by atoms with Crippen molar-refractivity contribution in [3.63, 3.8) is 0 Å². The number of ether oxygens (including phenoxy) is 1. The molecule has 0 spiro atoms. The molecule has 1 aliphatic rings. The maximum absolute atomic E-state index is 10.1. The Balaban J connectivity index is 0.00000242. The van der Waals surface area contributed by atoms with Crippen molar-refractivity contribution in [2.75, 3.05) is 6.61 Å². The molecular weight excluding hydrogens is 403 g/mol. The molecule has 2 rings (SSSR count). The molecule has 0 radical (unpaired) electrons. The minimum absolute atomic E-state index is 0. The molecule has 1 aromatic rings. The van der Waals surface area contributed by atoms with E-state index in [2.05, 4.69) is 0 Å². The number of hydrogen-bond acceptors (Lipinski definition) is 6. The normalized spacial score (nSPS) is 32.8. The SMILES string of the molecule is I.N=C(N)C(c1ccccc1)[C@H]1O[C@H](CO)[C@@H](O)[C@H](O)[C@H]1O. The zero-order valence-electron chi connectivity index (χ0n) is 11.7. The predicted molar refractivity (Wildman–Crippen MR) is 90.3 cm³/mol. The molecule has 0 aromatic heterocycles. The summed E-state index contributed by atoms with van der Waals surface area (Å²) in [5.74, 6) is -1.01. The molecule has 6 atom stereocenters. The summed E-state index contributed by atoms with van der Waals surface area (Å²) in [5, 5.41) is 46.7. The standard InChI is InChI=1S/C14H20N2O5.HI/c15-14(16)9(7-4-2-1-3-5-7)13-12(20)11(19)10(18)8(6-17)21-13;/h1-5,8-13,17-20H,6H2,(H3,15,16);1H/t8-,9?,10-,11+,12-,13-;/m1./s1. The second-order valence-electron chi connectivity index (χ2n) is 5.14. The Bertz CT molecular complexity index is 487. The molecule has 1 aliphatic heterocycles. The van der Waals surface area contributed by atoms with E-state index in [9.17, 15) is 20.4 Å². The molecule has 22 heavy (non-hydrogen) atoms. The minimum Gasteiger partial charge on any atom is -0.394 e. The van der Waals surface area contributed by atoms with Gasteiger partial charge in [-0.25, -0.2) is 0 Å². The summed E-state index contributed by atoms with van der Waals surface area (Å²) in [7, 11) is 0. The molecule has 0 amide bonds. The van der Waals surface area contributed by atoms with Gasteiger partial charge in [-0.2, -0.15) is 0 Å². The number of hydrogen-bond donors (Lipinski definition) is 6. The first-order valence-electron chi connectivity index (χ1n) is 6.66. The molecule has 7 N–H and O–H groups in total. The first-order chi connectivity index (χ1) is 9.97. The minimum atomic E-state index is -1.48. The summed E-state index contributed by atoms with van der Waals surface area (Å²) >= 11 is 0. The van der Waals surface area contributed by atoms with Crippen LogP contribution in [0.2, 0.25) is 0 Å². The van der Waals surface area contributed by atoms with Crippen LogP contribution < -0.4 is 5.73 Å². The largest absolute Gasteiger partial charge is 0.394 e. The lowest BCUT2D eigenvalue weighted by Gasteiger charge is -2.43. The van der Waals surface area contributed by atoms with Crippen LogP contribution >= 0.6 is 24.0 Å². The maximum atomic E-state index is 10.1. The Morgan fingerprint density at radius 2 is 1.73 bits per heavy atom. The molecule has 1 aromatic carbocycles. The van der Waals surface area contributed by atoms with E-state index < -0.39 is 43.0 Å². The van der Waals surface area contributed by atoms with Gasteiger partial charge < -0.3 is 30.9 Å². The quantitative estimate of drug-likeness (QED) is 0.212. The highest BCUT2D eigenvalue weighted by molar-refractivity contribution is 14.0. The fourth-order valence-corrected chi connectivity index (χ4v) is 2.61. The van der Waals surface area contributed by atoms with Gasteiger partial charge in [0.25, 0.3) is 0 Å². The van der Waals surface area contributed by atoms with Crippen LogP contribution in [-0.2, 0) is 4.74 Å². The number of halogens is 1. The van der Waals surface area contributed by atoms with Crippen molar-refractivity contribution in [1.82, 2.24) is 0 Å². The summed E-state index contributed by atoms with van der Waals surface area (Å²) in [4.78, 5) is 0. The summed E-state index contributed by atoms with van der Waals surface area (Å²) in [6.07, 6.45) is -6.37. The summed E-state index contributed by atoms with van der Waals surface area (Å²) < 4.78 is 5.48. The van der Waals surface area contributed by atoms with Gasteiger partial charge in [0.1, 0.15) is 36.4 Å². The number of nitrogens with two attached hydrogens (primary N) is 1. The second-order valence-corrected chi connectivity index (χ2v) is 5.14. The van der Waals surface area contributed by atoms with E-state index in [1.807, 2.05) is 0 Å². The second kappa shape index (κ2) is 8.18. The van der Waals surface area contributed by atoms with Crippen LogP contribution in [-0.4, -0.2) is 63.4 Å². The van der Waals surface area contributed by atoms with Crippen molar-refractivity contribution in [2.24, 2.45) is 5.73 Å². The third-order valence-electron chi connectivity index (χ3n) is 3.75. The highest BCUT2D eigenvalue weighted by Gasteiger charge is 2.47. The Morgan fingerprint density at radius 1 is 1.14 bits per heavy atom. The monoisotopic (exact) mass is 424 g/mol. The predicted octanol–water partition coefficient (Wildman–Crippen LogP) is -0.833. The zero-order valence-corrected chi connectivity index (χ0v) is 14.1. The van der Waals surface area contributed by atoms with E-state index in [-0.39, 0.29) is 29.8 Å². The summed E-state index contributed by atoms with van der Waals surface area (Å²) in [5.41, 5.74) is 6.26. The van der Waals surface area contributed by atoms with E-state index in [4.69, 9.17) is 15.9 Å². The van der Waals surface area contributed by atoms with E-state index >= 15 is 0 Å². The molecule has 1 heterocycles. The lowest BCUT2D eigenvalue weighted by Crippen LogP contribution is -2.61. The molecule has 0 aliphatic carbocycles. The van der Waals surface area contributed by atoms with E-state index in [0.717, 1.165) is 0 Å². The van der Waals surface area contributed by atoms with Gasteiger partial charge in [-0.1, -0.05) is 30.3 Å². The molecular formula is C14H21IN2O5. The first kappa shape index (κ1) is 19.3. The Labute approximate surface area is 145 Å². The average molecular weight is 424 g/mol.